The summed E-state index contributed by atoms with van der Waals surface area (Å²) in [5.74, 6) is 1.31. The zero-order chi connectivity index (χ0) is 24.9. The van der Waals surface area contributed by atoms with E-state index in [1.54, 1.807) is 38.3 Å². The SMILES string of the molecule is C#Cc1cc2c(-c3cc(F)c4c(c3C)CCCO4)c(C(OC(C)(C)C)C(=O)O)c(C)nc2n1C. The molecule has 4 rings (SSSR count). The van der Waals surface area contributed by atoms with Gasteiger partial charge < -0.3 is 19.1 Å². The normalized spacial score (nSPS) is 14.4. The Balaban J connectivity index is 2.16. The average Bonchev–Trinajstić information content (AvgIpc) is 3.08. The molecule has 178 valence electrons. The Kier molecular flexibility index (Phi) is 5.91. The standard InChI is InChI=1S/C27H29FN2O4/c1-8-16-12-19-22(18-13-20(28)23-17(14(18)2)10-9-11-33-23)21(15(3)29-25(19)30(16)7)24(26(31)32)34-27(4,5)6/h1,12-13,24H,9-11H2,2-7H3,(H,31,32). The molecule has 0 saturated heterocycles. The van der Waals surface area contributed by atoms with Gasteiger partial charge in [0.05, 0.1) is 17.9 Å². The summed E-state index contributed by atoms with van der Waals surface area (Å²) in [7, 11) is 1.81. The van der Waals surface area contributed by atoms with Crippen molar-refractivity contribution >= 4 is 17.0 Å². The number of fused-ring (bicyclic) bond motifs is 2. The summed E-state index contributed by atoms with van der Waals surface area (Å²) in [4.78, 5) is 17.2. The molecule has 0 radical (unpaired) electrons. The molecule has 3 heterocycles. The van der Waals surface area contributed by atoms with Gasteiger partial charge in [-0.3, -0.25) is 0 Å². The van der Waals surface area contributed by atoms with Crippen LogP contribution >= 0.6 is 0 Å². The Morgan fingerprint density at radius 2 is 2.06 bits per heavy atom. The Morgan fingerprint density at radius 1 is 1.35 bits per heavy atom. The van der Waals surface area contributed by atoms with E-state index in [1.807, 2.05) is 14.0 Å². The van der Waals surface area contributed by atoms with Crippen LogP contribution in [0.3, 0.4) is 0 Å². The van der Waals surface area contributed by atoms with Crippen LogP contribution in [0.25, 0.3) is 22.2 Å². The summed E-state index contributed by atoms with van der Waals surface area (Å²) in [6.45, 7) is 9.52. The molecular weight excluding hydrogens is 435 g/mol. The van der Waals surface area contributed by atoms with Crippen LogP contribution in [0.2, 0.25) is 0 Å². The Labute approximate surface area is 198 Å². The number of terminal acetylenes is 1. The predicted octanol–water partition coefficient (Wildman–Crippen LogP) is 5.24. The molecule has 0 fully saturated rings. The van der Waals surface area contributed by atoms with Gasteiger partial charge in [0, 0.05) is 34.8 Å². The first-order valence-corrected chi connectivity index (χ1v) is 11.3. The fourth-order valence-corrected chi connectivity index (χ4v) is 4.71. The van der Waals surface area contributed by atoms with Gasteiger partial charge in [-0.25, -0.2) is 14.2 Å². The highest BCUT2D eigenvalue weighted by Crippen LogP contribution is 2.44. The third-order valence-corrected chi connectivity index (χ3v) is 6.21. The van der Waals surface area contributed by atoms with Gasteiger partial charge in [0.25, 0.3) is 0 Å². The second-order valence-corrected chi connectivity index (χ2v) is 9.70. The summed E-state index contributed by atoms with van der Waals surface area (Å²) in [6, 6.07) is 3.22. The number of rotatable bonds is 4. The van der Waals surface area contributed by atoms with Crippen LogP contribution in [0.1, 0.15) is 61.4 Å². The van der Waals surface area contributed by atoms with Gasteiger partial charge in [-0.05, 0) is 70.7 Å². The smallest absolute Gasteiger partial charge is 0.337 e. The van der Waals surface area contributed by atoms with Crippen molar-refractivity contribution in [2.45, 2.75) is 59.2 Å². The number of hydrogen-bond donors (Lipinski definition) is 1. The van der Waals surface area contributed by atoms with E-state index in [2.05, 4.69) is 5.92 Å². The van der Waals surface area contributed by atoms with Gasteiger partial charge in [0.1, 0.15) is 5.65 Å². The number of carboxylic acid groups (broad SMARTS) is 1. The summed E-state index contributed by atoms with van der Waals surface area (Å²) in [5.41, 5.74) is 4.11. The molecule has 1 N–H and O–H groups in total. The van der Waals surface area contributed by atoms with Gasteiger partial charge >= 0.3 is 5.97 Å². The number of halogens is 1. The van der Waals surface area contributed by atoms with E-state index in [-0.39, 0.29) is 5.75 Å². The van der Waals surface area contributed by atoms with Crippen molar-refractivity contribution in [3.8, 4) is 29.2 Å². The lowest BCUT2D eigenvalue weighted by atomic mass is 9.86. The first-order chi connectivity index (χ1) is 15.9. The molecule has 1 atom stereocenters. The Morgan fingerprint density at radius 3 is 2.68 bits per heavy atom. The highest BCUT2D eigenvalue weighted by molar-refractivity contribution is 5.99. The molecule has 0 amide bonds. The lowest BCUT2D eigenvalue weighted by Crippen LogP contribution is -2.28. The average molecular weight is 465 g/mol. The Bertz CT molecular complexity index is 1360. The topological polar surface area (TPSA) is 73.6 Å². The third-order valence-electron chi connectivity index (χ3n) is 6.21. The van der Waals surface area contributed by atoms with Crippen LogP contribution in [0, 0.1) is 32.0 Å². The number of carbonyl (C=O) groups is 1. The molecular formula is C27H29FN2O4. The van der Waals surface area contributed by atoms with Crippen molar-refractivity contribution in [1.29, 1.82) is 0 Å². The van der Waals surface area contributed by atoms with Crippen molar-refractivity contribution in [2.75, 3.05) is 6.61 Å². The van der Waals surface area contributed by atoms with Crippen molar-refractivity contribution in [2.24, 2.45) is 7.05 Å². The van der Waals surface area contributed by atoms with Crippen LogP contribution < -0.4 is 4.74 Å². The molecule has 1 unspecified atom stereocenters. The van der Waals surface area contributed by atoms with Crippen molar-refractivity contribution < 1.29 is 23.8 Å². The molecule has 1 aromatic carbocycles. The molecule has 7 heteroatoms. The number of pyridine rings is 1. The molecule has 2 aromatic heterocycles. The summed E-state index contributed by atoms with van der Waals surface area (Å²) in [5, 5.41) is 10.8. The maximum Gasteiger partial charge on any atom is 0.337 e. The first kappa shape index (κ1) is 23.8. The van der Waals surface area contributed by atoms with Crippen molar-refractivity contribution in [3.05, 3.63) is 46.0 Å². The molecule has 34 heavy (non-hydrogen) atoms. The molecule has 0 bridgehead atoms. The molecule has 1 aliphatic rings. The van der Waals surface area contributed by atoms with E-state index in [0.29, 0.717) is 52.1 Å². The van der Waals surface area contributed by atoms with E-state index in [9.17, 15) is 9.90 Å². The fraction of sp³-hybridized carbons (Fsp3) is 0.407. The number of aryl methyl sites for hydroxylation is 2. The number of ether oxygens (including phenoxy) is 2. The van der Waals surface area contributed by atoms with Gasteiger partial charge in [-0.2, -0.15) is 0 Å². The predicted molar refractivity (Wildman–Crippen MR) is 129 cm³/mol. The Hall–Kier alpha value is -3.37. The van der Waals surface area contributed by atoms with E-state index in [4.69, 9.17) is 20.9 Å². The van der Waals surface area contributed by atoms with Crippen LogP contribution in [0.5, 0.6) is 5.75 Å². The maximum atomic E-state index is 15.3. The van der Waals surface area contributed by atoms with E-state index in [1.165, 1.54) is 6.07 Å². The molecule has 6 nitrogen and oxygen atoms in total. The number of benzene rings is 1. The summed E-state index contributed by atoms with van der Waals surface area (Å²) in [6.07, 6.45) is 5.88. The number of aliphatic carboxylic acids is 1. The van der Waals surface area contributed by atoms with Gasteiger partial charge in [0.2, 0.25) is 0 Å². The quantitative estimate of drug-likeness (QED) is 0.535. The molecule has 1 aliphatic heterocycles. The molecule has 0 aliphatic carbocycles. The second kappa shape index (κ2) is 8.44. The monoisotopic (exact) mass is 464 g/mol. The van der Waals surface area contributed by atoms with Gasteiger partial charge in [-0.15, -0.1) is 6.42 Å². The van der Waals surface area contributed by atoms with Crippen molar-refractivity contribution in [3.63, 3.8) is 0 Å². The van der Waals surface area contributed by atoms with Crippen molar-refractivity contribution in [1.82, 2.24) is 9.55 Å². The second-order valence-electron chi connectivity index (χ2n) is 9.70. The summed E-state index contributed by atoms with van der Waals surface area (Å²) >= 11 is 0. The molecule has 0 saturated carbocycles. The number of nitrogens with zero attached hydrogens (tertiary/aromatic N) is 2. The zero-order valence-corrected chi connectivity index (χ0v) is 20.4. The van der Waals surface area contributed by atoms with Crippen LogP contribution in [-0.4, -0.2) is 32.8 Å². The number of aromatic nitrogens is 2. The maximum absolute atomic E-state index is 15.3. The zero-order valence-electron chi connectivity index (χ0n) is 20.4. The minimum Gasteiger partial charge on any atom is -0.490 e. The number of carboxylic acids is 1. The minimum atomic E-state index is -1.31. The molecule has 3 aromatic rings. The highest BCUT2D eigenvalue weighted by atomic mass is 19.1. The molecule has 0 spiro atoms. The third kappa shape index (κ3) is 3.92. The van der Waals surface area contributed by atoms with E-state index >= 15 is 4.39 Å². The fourth-order valence-electron chi connectivity index (χ4n) is 4.71. The van der Waals surface area contributed by atoms with Gasteiger partial charge in [-0.1, -0.05) is 5.92 Å². The highest BCUT2D eigenvalue weighted by Gasteiger charge is 2.34. The largest absolute Gasteiger partial charge is 0.490 e. The van der Waals surface area contributed by atoms with E-state index in [0.717, 1.165) is 17.5 Å². The number of hydrogen-bond acceptors (Lipinski definition) is 4. The summed E-state index contributed by atoms with van der Waals surface area (Å²) < 4.78 is 28.7. The van der Waals surface area contributed by atoms with Crippen LogP contribution in [0.4, 0.5) is 4.39 Å². The van der Waals surface area contributed by atoms with Crippen LogP contribution in [0.15, 0.2) is 12.1 Å². The van der Waals surface area contributed by atoms with Gasteiger partial charge in [0.15, 0.2) is 17.7 Å². The lowest BCUT2D eigenvalue weighted by Gasteiger charge is -2.29. The first-order valence-electron chi connectivity index (χ1n) is 11.3. The van der Waals surface area contributed by atoms with Crippen LogP contribution in [-0.2, 0) is 23.0 Å². The minimum absolute atomic E-state index is 0.272. The van der Waals surface area contributed by atoms with E-state index < -0.39 is 23.5 Å². The lowest BCUT2D eigenvalue weighted by molar-refractivity contribution is -0.160.